The van der Waals surface area contributed by atoms with Crippen LogP contribution in [0.5, 0.6) is 11.5 Å². The van der Waals surface area contributed by atoms with E-state index in [9.17, 15) is 8.42 Å². The van der Waals surface area contributed by atoms with Gasteiger partial charge in [0.1, 0.15) is 0 Å². The highest BCUT2D eigenvalue weighted by atomic mass is 32.2. The lowest BCUT2D eigenvalue weighted by molar-refractivity contribution is 0.0882. The minimum atomic E-state index is -3.02. The van der Waals surface area contributed by atoms with E-state index < -0.39 is 9.84 Å². The van der Waals surface area contributed by atoms with E-state index >= 15 is 0 Å². The summed E-state index contributed by atoms with van der Waals surface area (Å²) in [7, 11) is -3.02. The van der Waals surface area contributed by atoms with Crippen molar-refractivity contribution in [1.82, 2.24) is 0 Å². The fourth-order valence-electron chi connectivity index (χ4n) is 2.69. The van der Waals surface area contributed by atoms with Crippen LogP contribution < -0.4 is 9.47 Å². The molecule has 0 spiro atoms. The Morgan fingerprint density at radius 2 is 2.00 bits per heavy atom. The molecule has 2 atom stereocenters. The zero-order valence-corrected chi connectivity index (χ0v) is 10.7. The van der Waals surface area contributed by atoms with Gasteiger partial charge in [-0.1, -0.05) is 5.16 Å². The number of nitrogens with zero attached hydrogens (tertiary/aromatic N) is 1. The molecule has 1 fully saturated rings. The van der Waals surface area contributed by atoms with Gasteiger partial charge in [0.25, 0.3) is 0 Å². The zero-order chi connectivity index (χ0) is 13.0. The second kappa shape index (κ2) is 3.63. The minimum Gasteiger partial charge on any atom is -0.454 e. The molecule has 100 valence electrons. The lowest BCUT2D eigenvalue weighted by Gasteiger charge is -2.07. The van der Waals surface area contributed by atoms with E-state index in [0.717, 1.165) is 5.56 Å². The van der Waals surface area contributed by atoms with Crippen molar-refractivity contribution >= 4 is 15.5 Å². The molecule has 7 heteroatoms. The molecule has 1 aromatic rings. The average Bonchev–Trinajstić information content (AvgIpc) is 3.00. The van der Waals surface area contributed by atoms with E-state index in [1.807, 2.05) is 12.1 Å². The second-order valence-corrected chi connectivity index (χ2v) is 7.03. The van der Waals surface area contributed by atoms with Crippen molar-refractivity contribution in [1.29, 1.82) is 0 Å². The number of ether oxygens (including phenoxy) is 2. The van der Waals surface area contributed by atoms with E-state index in [0.29, 0.717) is 17.2 Å². The van der Waals surface area contributed by atoms with Crippen molar-refractivity contribution in [3.05, 3.63) is 23.8 Å². The van der Waals surface area contributed by atoms with Gasteiger partial charge in [-0.3, -0.25) is 0 Å². The van der Waals surface area contributed by atoms with Crippen molar-refractivity contribution in [3.8, 4) is 11.5 Å². The van der Waals surface area contributed by atoms with Gasteiger partial charge >= 0.3 is 0 Å². The molecular weight excluding hydrogens is 270 g/mol. The van der Waals surface area contributed by atoms with E-state index in [1.165, 1.54) is 0 Å². The summed E-state index contributed by atoms with van der Waals surface area (Å²) < 4.78 is 33.8. The van der Waals surface area contributed by atoms with Gasteiger partial charge in [0, 0.05) is 5.56 Å². The Morgan fingerprint density at radius 1 is 1.16 bits per heavy atom. The molecule has 0 aromatic heterocycles. The Morgan fingerprint density at radius 3 is 2.89 bits per heavy atom. The molecule has 3 heterocycles. The van der Waals surface area contributed by atoms with E-state index in [2.05, 4.69) is 5.16 Å². The summed E-state index contributed by atoms with van der Waals surface area (Å²) in [6.45, 7) is 0.211. The SMILES string of the molecule is O=S1(=O)CC2ON=C(c3ccc4c(c3)OCO4)C2C1. The molecule has 0 amide bonds. The van der Waals surface area contributed by atoms with Crippen molar-refractivity contribution < 1.29 is 22.7 Å². The van der Waals surface area contributed by atoms with Crippen LogP contribution in [0.4, 0.5) is 0 Å². The Kier molecular flexibility index (Phi) is 2.12. The van der Waals surface area contributed by atoms with Gasteiger partial charge in [-0.2, -0.15) is 0 Å². The standard InChI is InChI=1S/C12H11NO5S/c14-19(15)4-8-11(5-19)18-13-12(8)7-1-2-9-10(3-7)17-6-16-9/h1-3,8,11H,4-6H2. The summed E-state index contributed by atoms with van der Waals surface area (Å²) in [5.74, 6) is 1.33. The van der Waals surface area contributed by atoms with Crippen molar-refractivity contribution in [2.45, 2.75) is 6.10 Å². The largest absolute Gasteiger partial charge is 0.454 e. The summed E-state index contributed by atoms with van der Waals surface area (Å²) in [4.78, 5) is 5.24. The summed E-state index contributed by atoms with van der Waals surface area (Å²) in [6.07, 6.45) is -0.342. The fraction of sp³-hybridized carbons (Fsp3) is 0.417. The lowest BCUT2D eigenvalue weighted by atomic mass is 9.95. The second-order valence-electron chi connectivity index (χ2n) is 4.87. The Hall–Kier alpha value is -1.76. The highest BCUT2D eigenvalue weighted by Gasteiger charge is 2.46. The highest BCUT2D eigenvalue weighted by molar-refractivity contribution is 7.91. The van der Waals surface area contributed by atoms with Crippen molar-refractivity contribution in [2.24, 2.45) is 11.1 Å². The predicted octanol–water partition coefficient (Wildman–Crippen LogP) is 0.563. The summed E-state index contributed by atoms with van der Waals surface area (Å²) in [5.41, 5.74) is 1.51. The van der Waals surface area contributed by atoms with Crippen LogP contribution in [0.1, 0.15) is 5.56 Å². The van der Waals surface area contributed by atoms with Gasteiger partial charge in [0.05, 0.1) is 23.1 Å². The van der Waals surface area contributed by atoms with Gasteiger partial charge in [-0.05, 0) is 18.2 Å². The molecule has 0 aliphatic carbocycles. The number of hydrogen-bond acceptors (Lipinski definition) is 6. The molecule has 3 aliphatic rings. The number of hydrogen-bond donors (Lipinski definition) is 0. The third kappa shape index (κ3) is 1.68. The van der Waals surface area contributed by atoms with Gasteiger partial charge in [-0.15, -0.1) is 0 Å². The van der Waals surface area contributed by atoms with Crippen LogP contribution in [0.15, 0.2) is 23.4 Å². The number of sulfone groups is 1. The van der Waals surface area contributed by atoms with E-state index in [-0.39, 0.29) is 30.3 Å². The quantitative estimate of drug-likeness (QED) is 0.752. The maximum absolute atomic E-state index is 11.6. The van der Waals surface area contributed by atoms with Crippen molar-refractivity contribution in [2.75, 3.05) is 18.3 Å². The van der Waals surface area contributed by atoms with Crippen LogP contribution in [-0.4, -0.2) is 38.5 Å². The van der Waals surface area contributed by atoms with Gasteiger partial charge in [0.15, 0.2) is 27.4 Å². The molecule has 19 heavy (non-hydrogen) atoms. The first-order valence-electron chi connectivity index (χ1n) is 5.96. The Labute approximate surface area is 109 Å². The molecule has 0 radical (unpaired) electrons. The van der Waals surface area contributed by atoms with Crippen molar-refractivity contribution in [3.63, 3.8) is 0 Å². The molecule has 1 aromatic carbocycles. The maximum atomic E-state index is 11.6. The monoisotopic (exact) mass is 281 g/mol. The van der Waals surface area contributed by atoms with E-state index in [1.54, 1.807) is 6.07 Å². The number of oxime groups is 1. The van der Waals surface area contributed by atoms with Crippen LogP contribution in [0.3, 0.4) is 0 Å². The van der Waals surface area contributed by atoms with Gasteiger partial charge in [-0.25, -0.2) is 8.42 Å². The van der Waals surface area contributed by atoms with Gasteiger partial charge < -0.3 is 14.3 Å². The van der Waals surface area contributed by atoms with Crippen LogP contribution in [0, 0.1) is 5.92 Å². The first-order valence-corrected chi connectivity index (χ1v) is 7.79. The molecule has 1 saturated heterocycles. The lowest BCUT2D eigenvalue weighted by Crippen LogP contribution is -2.21. The Bertz CT molecular complexity index is 681. The summed E-state index contributed by atoms with van der Waals surface area (Å²) in [5, 5.41) is 4.04. The first kappa shape index (κ1) is 11.1. The van der Waals surface area contributed by atoms with Crippen LogP contribution in [0.25, 0.3) is 0 Å². The molecule has 2 unspecified atom stereocenters. The molecule has 6 nitrogen and oxygen atoms in total. The van der Waals surface area contributed by atoms with Crippen LogP contribution in [0.2, 0.25) is 0 Å². The smallest absolute Gasteiger partial charge is 0.231 e. The molecule has 3 aliphatic heterocycles. The van der Waals surface area contributed by atoms with Gasteiger partial charge in [0.2, 0.25) is 6.79 Å². The average molecular weight is 281 g/mol. The zero-order valence-electron chi connectivity index (χ0n) is 9.90. The third-order valence-electron chi connectivity index (χ3n) is 3.61. The van der Waals surface area contributed by atoms with E-state index in [4.69, 9.17) is 14.3 Å². The number of rotatable bonds is 1. The van der Waals surface area contributed by atoms with Crippen LogP contribution in [-0.2, 0) is 14.7 Å². The molecule has 0 N–H and O–H groups in total. The number of benzene rings is 1. The third-order valence-corrected chi connectivity index (χ3v) is 5.31. The van der Waals surface area contributed by atoms with Crippen LogP contribution >= 0.6 is 0 Å². The normalized spacial score (nSPS) is 29.8. The highest BCUT2D eigenvalue weighted by Crippen LogP contribution is 2.36. The minimum absolute atomic E-state index is 0.0508. The Balaban J connectivity index is 1.70. The molecule has 0 saturated carbocycles. The number of fused-ring (bicyclic) bond motifs is 2. The maximum Gasteiger partial charge on any atom is 0.231 e. The molecular formula is C12H11NO5S. The molecule has 4 rings (SSSR count). The molecule has 0 bridgehead atoms. The summed E-state index contributed by atoms with van der Waals surface area (Å²) >= 11 is 0. The first-order chi connectivity index (χ1) is 9.12. The predicted molar refractivity (Wildman–Crippen MR) is 66.1 cm³/mol. The fourth-order valence-corrected chi connectivity index (χ4v) is 4.54. The summed E-state index contributed by atoms with van der Waals surface area (Å²) in [6, 6.07) is 5.47. The topological polar surface area (TPSA) is 74.2 Å².